The fraction of sp³-hybridized carbons (Fsp3) is 0. The number of nitrogens with two attached hydrogens (primary N) is 1. The molecule has 0 aliphatic carbocycles. The van der Waals surface area contributed by atoms with Gasteiger partial charge >= 0.3 is 0 Å². The Morgan fingerprint density at radius 1 is 1.17 bits per heavy atom. The lowest BCUT2D eigenvalue weighted by Crippen LogP contribution is -2.14. The lowest BCUT2D eigenvalue weighted by atomic mass is 10.2. The highest BCUT2D eigenvalue weighted by molar-refractivity contribution is 9.10. The van der Waals surface area contributed by atoms with Crippen LogP contribution in [0.3, 0.4) is 0 Å². The smallest absolute Gasteiger partial charge is 0.171 e. The highest BCUT2D eigenvalue weighted by Gasteiger charge is 2.09. The molecule has 3 N–H and O–H groups in total. The summed E-state index contributed by atoms with van der Waals surface area (Å²) in [5.41, 5.74) is 6.39. The zero-order valence-electron chi connectivity index (χ0n) is 9.38. The Bertz CT molecular complexity index is 572. The van der Waals surface area contributed by atoms with Crippen LogP contribution in [0.15, 0.2) is 68.0 Å². The number of oxime groups is 1. The van der Waals surface area contributed by atoms with Gasteiger partial charge in [0, 0.05) is 19.8 Å². The van der Waals surface area contributed by atoms with Crippen LogP contribution >= 0.6 is 27.7 Å². The summed E-state index contributed by atoms with van der Waals surface area (Å²) >= 11 is 4.95. The van der Waals surface area contributed by atoms with Crippen molar-refractivity contribution in [1.29, 1.82) is 0 Å². The van der Waals surface area contributed by atoms with E-state index in [1.165, 1.54) is 0 Å². The maximum Gasteiger partial charge on any atom is 0.171 e. The molecular weight excluding hydrogens is 312 g/mol. The summed E-state index contributed by atoms with van der Waals surface area (Å²) in [4.78, 5) is 2.05. The monoisotopic (exact) mass is 322 g/mol. The van der Waals surface area contributed by atoms with Crippen molar-refractivity contribution in [2.75, 3.05) is 0 Å². The third kappa shape index (κ3) is 3.05. The molecule has 0 fully saturated rings. The summed E-state index contributed by atoms with van der Waals surface area (Å²) < 4.78 is 0.890. The maximum absolute atomic E-state index is 8.81. The highest BCUT2D eigenvalue weighted by Crippen LogP contribution is 2.31. The summed E-state index contributed by atoms with van der Waals surface area (Å²) in [6, 6.07) is 15.7. The molecule has 0 heterocycles. The largest absolute Gasteiger partial charge is 0.409 e. The predicted molar refractivity (Wildman–Crippen MR) is 77.2 cm³/mol. The first-order valence-electron chi connectivity index (χ1n) is 5.21. The quantitative estimate of drug-likeness (QED) is 0.392. The van der Waals surface area contributed by atoms with Crippen molar-refractivity contribution < 1.29 is 5.21 Å². The second-order valence-corrected chi connectivity index (χ2v) is 5.57. The van der Waals surface area contributed by atoms with Crippen molar-refractivity contribution in [3.63, 3.8) is 0 Å². The van der Waals surface area contributed by atoms with Crippen molar-refractivity contribution in [3.05, 3.63) is 58.6 Å². The minimum absolute atomic E-state index is 0.106. The Kier molecular flexibility index (Phi) is 4.28. The summed E-state index contributed by atoms with van der Waals surface area (Å²) in [6.07, 6.45) is 0. The van der Waals surface area contributed by atoms with Crippen LogP contribution in [0.5, 0.6) is 0 Å². The van der Waals surface area contributed by atoms with Crippen LogP contribution in [0.1, 0.15) is 5.56 Å². The Hall–Kier alpha value is -1.46. The Morgan fingerprint density at radius 3 is 2.56 bits per heavy atom. The summed E-state index contributed by atoms with van der Waals surface area (Å²) in [5.74, 6) is 0.106. The summed E-state index contributed by atoms with van der Waals surface area (Å²) in [7, 11) is 0. The molecule has 0 aromatic heterocycles. The van der Waals surface area contributed by atoms with Gasteiger partial charge in [0.15, 0.2) is 5.84 Å². The van der Waals surface area contributed by atoms with Gasteiger partial charge in [-0.3, -0.25) is 0 Å². The van der Waals surface area contributed by atoms with E-state index in [2.05, 4.69) is 21.1 Å². The van der Waals surface area contributed by atoms with Gasteiger partial charge in [-0.1, -0.05) is 51.0 Å². The van der Waals surface area contributed by atoms with Crippen LogP contribution in [0, 0.1) is 0 Å². The fourth-order valence-corrected chi connectivity index (χ4v) is 2.78. The molecule has 0 spiro atoms. The van der Waals surface area contributed by atoms with E-state index in [-0.39, 0.29) is 5.84 Å². The molecule has 18 heavy (non-hydrogen) atoms. The molecule has 0 aliphatic heterocycles. The van der Waals surface area contributed by atoms with Gasteiger partial charge in [0.25, 0.3) is 0 Å². The molecule has 3 nitrogen and oxygen atoms in total. The topological polar surface area (TPSA) is 58.6 Å². The van der Waals surface area contributed by atoms with Gasteiger partial charge < -0.3 is 10.9 Å². The van der Waals surface area contributed by atoms with Crippen LogP contribution in [0.25, 0.3) is 0 Å². The van der Waals surface area contributed by atoms with E-state index in [0.717, 1.165) is 14.3 Å². The molecule has 2 aromatic rings. The van der Waals surface area contributed by atoms with Gasteiger partial charge in [0.2, 0.25) is 0 Å². The number of amidine groups is 1. The first-order chi connectivity index (χ1) is 8.70. The van der Waals surface area contributed by atoms with E-state index < -0.39 is 0 Å². The SMILES string of the molecule is N/C(=N/O)c1cc(Br)ccc1Sc1ccccc1. The molecule has 0 unspecified atom stereocenters. The van der Waals surface area contributed by atoms with E-state index in [1.54, 1.807) is 11.8 Å². The summed E-state index contributed by atoms with van der Waals surface area (Å²) in [5, 5.41) is 11.9. The lowest BCUT2D eigenvalue weighted by molar-refractivity contribution is 0.318. The average Bonchev–Trinajstić information content (AvgIpc) is 2.41. The third-order valence-corrected chi connectivity index (χ3v) is 3.87. The number of rotatable bonds is 3. The van der Waals surface area contributed by atoms with Crippen molar-refractivity contribution >= 4 is 33.5 Å². The second-order valence-electron chi connectivity index (χ2n) is 3.54. The molecule has 5 heteroatoms. The van der Waals surface area contributed by atoms with Crippen LogP contribution in [0.2, 0.25) is 0 Å². The molecule has 0 aliphatic rings. The molecule has 2 aromatic carbocycles. The first kappa shape index (κ1) is 13.0. The molecule has 0 saturated heterocycles. The normalized spacial score (nSPS) is 11.5. The van der Waals surface area contributed by atoms with E-state index >= 15 is 0 Å². The third-order valence-electron chi connectivity index (χ3n) is 2.30. The van der Waals surface area contributed by atoms with Crippen LogP contribution < -0.4 is 5.73 Å². The molecular formula is C13H11BrN2OS. The van der Waals surface area contributed by atoms with Crippen LogP contribution in [0.4, 0.5) is 0 Å². The summed E-state index contributed by atoms with van der Waals surface area (Å²) in [6.45, 7) is 0. The Balaban J connectivity index is 2.39. The first-order valence-corrected chi connectivity index (χ1v) is 6.82. The van der Waals surface area contributed by atoms with Crippen molar-refractivity contribution in [1.82, 2.24) is 0 Å². The maximum atomic E-state index is 8.81. The Labute approximate surface area is 118 Å². The zero-order valence-corrected chi connectivity index (χ0v) is 11.8. The fourth-order valence-electron chi connectivity index (χ4n) is 1.46. The molecule has 92 valence electrons. The minimum Gasteiger partial charge on any atom is -0.409 e. The van der Waals surface area contributed by atoms with E-state index in [9.17, 15) is 0 Å². The van der Waals surface area contributed by atoms with E-state index in [4.69, 9.17) is 10.9 Å². The molecule has 2 rings (SSSR count). The highest BCUT2D eigenvalue weighted by atomic mass is 79.9. The van der Waals surface area contributed by atoms with Crippen LogP contribution in [-0.4, -0.2) is 11.0 Å². The van der Waals surface area contributed by atoms with Gasteiger partial charge in [-0.05, 0) is 30.3 Å². The molecule has 0 saturated carbocycles. The van der Waals surface area contributed by atoms with Gasteiger partial charge in [0.05, 0.1) is 0 Å². The van der Waals surface area contributed by atoms with E-state index in [1.807, 2.05) is 48.5 Å². The number of hydrogen-bond acceptors (Lipinski definition) is 3. The van der Waals surface area contributed by atoms with Crippen LogP contribution in [-0.2, 0) is 0 Å². The van der Waals surface area contributed by atoms with E-state index in [0.29, 0.717) is 5.56 Å². The van der Waals surface area contributed by atoms with Gasteiger partial charge in [-0.25, -0.2) is 0 Å². The van der Waals surface area contributed by atoms with Crippen molar-refractivity contribution in [2.45, 2.75) is 9.79 Å². The minimum atomic E-state index is 0.106. The van der Waals surface area contributed by atoms with Crippen molar-refractivity contribution in [3.8, 4) is 0 Å². The number of halogens is 1. The van der Waals surface area contributed by atoms with Gasteiger partial charge in [0.1, 0.15) is 0 Å². The second kappa shape index (κ2) is 5.93. The van der Waals surface area contributed by atoms with Crippen molar-refractivity contribution in [2.24, 2.45) is 10.9 Å². The average molecular weight is 323 g/mol. The molecule has 0 atom stereocenters. The number of nitrogens with zero attached hydrogens (tertiary/aromatic N) is 1. The van der Waals surface area contributed by atoms with Gasteiger partial charge in [-0.2, -0.15) is 0 Å². The molecule has 0 bridgehead atoms. The standard InChI is InChI=1S/C13H11BrN2OS/c14-9-6-7-12(11(8-9)13(15)16-17)18-10-4-2-1-3-5-10/h1-8,17H,(H2,15,16). The lowest BCUT2D eigenvalue weighted by Gasteiger charge is -2.08. The van der Waals surface area contributed by atoms with Gasteiger partial charge in [-0.15, -0.1) is 0 Å². The number of hydrogen-bond donors (Lipinski definition) is 2. The molecule has 0 amide bonds. The zero-order chi connectivity index (χ0) is 13.0. The predicted octanol–water partition coefficient (Wildman–Crippen LogP) is 3.69. The number of benzene rings is 2. The Morgan fingerprint density at radius 2 is 1.89 bits per heavy atom. The molecule has 0 radical (unpaired) electrons.